The highest BCUT2D eigenvalue weighted by molar-refractivity contribution is 6.12. The van der Waals surface area contributed by atoms with Crippen molar-refractivity contribution in [3.8, 4) is 0 Å². The summed E-state index contributed by atoms with van der Waals surface area (Å²) in [4.78, 5) is 47.8. The number of benzene rings is 2. The molecule has 2 aromatic rings. The predicted octanol–water partition coefficient (Wildman–Crippen LogP) is 0.887. The SMILES string of the molecule is NC(=O)CN1C(=O)C(O)(CC(=O)c2ccc([N+](=O)[O-])cc2)c2ccccc21. The molecule has 1 aliphatic rings. The molecule has 3 N–H and O–H groups in total. The predicted molar refractivity (Wildman–Crippen MR) is 93.9 cm³/mol. The van der Waals surface area contributed by atoms with Gasteiger partial charge in [0, 0.05) is 23.3 Å². The molecule has 0 saturated heterocycles. The molecule has 1 unspecified atom stereocenters. The van der Waals surface area contributed by atoms with Crippen molar-refractivity contribution in [1.29, 1.82) is 0 Å². The van der Waals surface area contributed by atoms with E-state index in [4.69, 9.17) is 5.73 Å². The van der Waals surface area contributed by atoms with E-state index in [-0.39, 0.29) is 16.8 Å². The molecule has 138 valence electrons. The maximum Gasteiger partial charge on any atom is 0.269 e. The lowest BCUT2D eigenvalue weighted by Gasteiger charge is -2.22. The van der Waals surface area contributed by atoms with Crippen LogP contribution in [0.3, 0.4) is 0 Å². The average molecular weight is 369 g/mol. The van der Waals surface area contributed by atoms with Crippen molar-refractivity contribution in [3.63, 3.8) is 0 Å². The zero-order valence-electron chi connectivity index (χ0n) is 14.0. The molecule has 9 nitrogen and oxygen atoms in total. The smallest absolute Gasteiger partial charge is 0.269 e. The van der Waals surface area contributed by atoms with Gasteiger partial charge in [0.25, 0.3) is 11.6 Å². The van der Waals surface area contributed by atoms with Crippen molar-refractivity contribution in [2.45, 2.75) is 12.0 Å². The molecular formula is C18H15N3O6. The number of primary amides is 1. The number of fused-ring (bicyclic) bond motifs is 1. The number of non-ortho nitro benzene ring substituents is 1. The number of aliphatic hydroxyl groups is 1. The first-order valence-corrected chi connectivity index (χ1v) is 7.94. The molecular weight excluding hydrogens is 354 g/mol. The molecule has 9 heteroatoms. The van der Waals surface area contributed by atoms with Crippen LogP contribution < -0.4 is 10.6 Å². The second kappa shape index (κ2) is 6.61. The van der Waals surface area contributed by atoms with E-state index in [1.165, 1.54) is 30.3 Å². The van der Waals surface area contributed by atoms with E-state index in [0.717, 1.165) is 4.90 Å². The molecule has 0 radical (unpaired) electrons. The van der Waals surface area contributed by atoms with Gasteiger partial charge in [0.15, 0.2) is 11.4 Å². The molecule has 1 atom stereocenters. The van der Waals surface area contributed by atoms with E-state index < -0.39 is 41.1 Å². The molecule has 3 rings (SSSR count). The molecule has 2 amide bonds. The first-order valence-electron chi connectivity index (χ1n) is 7.94. The number of hydrogen-bond donors (Lipinski definition) is 2. The zero-order valence-corrected chi connectivity index (χ0v) is 14.0. The molecule has 2 aromatic carbocycles. The number of carbonyl (C=O) groups excluding carboxylic acids is 3. The summed E-state index contributed by atoms with van der Waals surface area (Å²) in [5, 5.41) is 21.7. The number of Topliss-reactive ketones (excluding diaryl/α,β-unsaturated/α-hetero) is 1. The number of hydrogen-bond acceptors (Lipinski definition) is 6. The molecule has 0 fully saturated rings. The highest BCUT2D eigenvalue weighted by Crippen LogP contribution is 2.42. The van der Waals surface area contributed by atoms with E-state index >= 15 is 0 Å². The van der Waals surface area contributed by atoms with Gasteiger partial charge in [-0.15, -0.1) is 0 Å². The highest BCUT2D eigenvalue weighted by atomic mass is 16.6. The third kappa shape index (κ3) is 3.15. The van der Waals surface area contributed by atoms with Crippen LogP contribution in [0.5, 0.6) is 0 Å². The zero-order chi connectivity index (χ0) is 19.8. The van der Waals surface area contributed by atoms with Crippen LogP contribution in [-0.2, 0) is 15.2 Å². The number of para-hydroxylation sites is 1. The Morgan fingerprint density at radius 3 is 2.37 bits per heavy atom. The van der Waals surface area contributed by atoms with Crippen LogP contribution in [0.2, 0.25) is 0 Å². The lowest BCUT2D eigenvalue weighted by atomic mass is 9.88. The van der Waals surface area contributed by atoms with E-state index in [9.17, 15) is 29.6 Å². The maximum atomic E-state index is 12.8. The van der Waals surface area contributed by atoms with Crippen LogP contribution in [0.15, 0.2) is 48.5 Å². The van der Waals surface area contributed by atoms with Gasteiger partial charge in [-0.25, -0.2) is 0 Å². The summed E-state index contributed by atoms with van der Waals surface area (Å²) in [5.74, 6) is -2.15. The Hall–Kier alpha value is -3.59. The monoisotopic (exact) mass is 369 g/mol. The summed E-state index contributed by atoms with van der Waals surface area (Å²) in [6.45, 7) is -0.427. The number of anilines is 1. The lowest BCUT2D eigenvalue weighted by Crippen LogP contribution is -2.44. The fourth-order valence-corrected chi connectivity index (χ4v) is 3.09. The molecule has 0 spiro atoms. The van der Waals surface area contributed by atoms with Gasteiger partial charge in [-0.3, -0.25) is 29.4 Å². The summed E-state index contributed by atoms with van der Waals surface area (Å²) in [6, 6.07) is 11.1. The van der Waals surface area contributed by atoms with Crippen LogP contribution in [-0.4, -0.2) is 34.2 Å². The first kappa shape index (κ1) is 18.2. The molecule has 0 aromatic heterocycles. The molecule has 27 heavy (non-hydrogen) atoms. The Morgan fingerprint density at radius 1 is 1.15 bits per heavy atom. The van der Waals surface area contributed by atoms with Crippen molar-refractivity contribution in [2.75, 3.05) is 11.4 Å². The molecule has 1 aliphatic heterocycles. The minimum atomic E-state index is -2.15. The Kier molecular flexibility index (Phi) is 4.46. The van der Waals surface area contributed by atoms with Crippen LogP contribution in [0.1, 0.15) is 22.3 Å². The summed E-state index contributed by atoms with van der Waals surface area (Å²) >= 11 is 0. The largest absolute Gasteiger partial charge is 0.375 e. The number of nitrogens with zero attached hydrogens (tertiary/aromatic N) is 2. The lowest BCUT2D eigenvalue weighted by molar-refractivity contribution is -0.384. The van der Waals surface area contributed by atoms with Crippen molar-refractivity contribution in [1.82, 2.24) is 0 Å². The van der Waals surface area contributed by atoms with Gasteiger partial charge in [-0.2, -0.15) is 0 Å². The third-order valence-electron chi connectivity index (χ3n) is 4.37. The number of carbonyl (C=O) groups is 3. The fraction of sp³-hybridized carbons (Fsp3) is 0.167. The number of nitro benzene ring substituents is 1. The van der Waals surface area contributed by atoms with Gasteiger partial charge in [-0.1, -0.05) is 18.2 Å². The normalized spacial score (nSPS) is 18.3. The number of nitro groups is 1. The number of amides is 2. The highest BCUT2D eigenvalue weighted by Gasteiger charge is 2.51. The Labute approximate surface area is 153 Å². The average Bonchev–Trinajstić information content (AvgIpc) is 2.84. The summed E-state index contributed by atoms with van der Waals surface area (Å²) in [6.07, 6.45) is -0.573. The standard InChI is InChI=1S/C18H15N3O6/c19-16(23)10-20-14-4-2-1-3-13(14)18(25,17(20)24)9-15(22)11-5-7-12(8-6-11)21(26)27/h1-8,25H,9-10H2,(H2,19,23). The first-order chi connectivity index (χ1) is 12.7. The minimum absolute atomic E-state index is 0.118. The van der Waals surface area contributed by atoms with Gasteiger partial charge in [0.2, 0.25) is 5.91 Å². The van der Waals surface area contributed by atoms with E-state index in [1.807, 2.05) is 0 Å². The van der Waals surface area contributed by atoms with Crippen LogP contribution in [0.4, 0.5) is 11.4 Å². The van der Waals surface area contributed by atoms with Crippen molar-refractivity contribution >= 4 is 29.0 Å². The second-order valence-electron chi connectivity index (χ2n) is 6.14. The van der Waals surface area contributed by atoms with Crippen molar-refractivity contribution in [3.05, 3.63) is 69.8 Å². The van der Waals surface area contributed by atoms with Gasteiger partial charge >= 0.3 is 0 Å². The quantitative estimate of drug-likeness (QED) is 0.439. The van der Waals surface area contributed by atoms with Crippen molar-refractivity contribution in [2.24, 2.45) is 5.73 Å². The van der Waals surface area contributed by atoms with Crippen LogP contribution in [0.25, 0.3) is 0 Å². The van der Waals surface area contributed by atoms with E-state index in [2.05, 4.69) is 0 Å². The van der Waals surface area contributed by atoms with Gasteiger partial charge in [0.05, 0.1) is 17.0 Å². The minimum Gasteiger partial charge on any atom is -0.375 e. The second-order valence-corrected chi connectivity index (χ2v) is 6.14. The molecule has 0 bridgehead atoms. The Morgan fingerprint density at radius 2 is 1.78 bits per heavy atom. The van der Waals surface area contributed by atoms with Crippen LogP contribution >= 0.6 is 0 Å². The van der Waals surface area contributed by atoms with Gasteiger partial charge in [-0.05, 0) is 18.2 Å². The van der Waals surface area contributed by atoms with E-state index in [1.54, 1.807) is 18.2 Å². The van der Waals surface area contributed by atoms with E-state index in [0.29, 0.717) is 5.69 Å². The summed E-state index contributed by atoms with van der Waals surface area (Å²) in [5.41, 5.74) is 3.47. The number of rotatable bonds is 6. The molecule has 0 saturated carbocycles. The summed E-state index contributed by atoms with van der Waals surface area (Å²) < 4.78 is 0. The Balaban J connectivity index is 1.93. The molecule has 0 aliphatic carbocycles. The maximum absolute atomic E-state index is 12.8. The van der Waals surface area contributed by atoms with Gasteiger partial charge < -0.3 is 10.8 Å². The third-order valence-corrected chi connectivity index (χ3v) is 4.37. The summed E-state index contributed by atoms with van der Waals surface area (Å²) in [7, 11) is 0. The Bertz CT molecular complexity index is 956. The molecule has 1 heterocycles. The van der Waals surface area contributed by atoms with Crippen LogP contribution in [0, 0.1) is 10.1 Å². The number of nitrogens with two attached hydrogens (primary N) is 1. The van der Waals surface area contributed by atoms with Crippen molar-refractivity contribution < 1.29 is 24.4 Å². The number of ketones is 1. The van der Waals surface area contributed by atoms with Gasteiger partial charge in [0.1, 0.15) is 6.54 Å². The fourth-order valence-electron chi connectivity index (χ4n) is 3.09. The topological polar surface area (TPSA) is 144 Å².